The highest BCUT2D eigenvalue weighted by molar-refractivity contribution is 6.34. The quantitative estimate of drug-likeness (QED) is 0.382. The maximum atomic E-state index is 12.3. The van der Waals surface area contributed by atoms with E-state index in [1.165, 1.54) is 43.3 Å². The third kappa shape index (κ3) is 5.19. The van der Waals surface area contributed by atoms with Crippen LogP contribution in [0.3, 0.4) is 0 Å². The summed E-state index contributed by atoms with van der Waals surface area (Å²) in [6, 6.07) is 9.24. The van der Waals surface area contributed by atoms with Crippen LogP contribution >= 0.6 is 11.6 Å². The molecule has 0 radical (unpaired) electrons. The molecule has 1 saturated heterocycles. The van der Waals surface area contributed by atoms with E-state index in [1.54, 1.807) is 0 Å². The topological polar surface area (TPSA) is 148 Å². The molecule has 1 heterocycles. The Labute approximate surface area is 186 Å². The number of rotatable bonds is 6. The van der Waals surface area contributed by atoms with Crippen LogP contribution in [0.25, 0.3) is 0 Å². The molecule has 0 aromatic heterocycles. The summed E-state index contributed by atoms with van der Waals surface area (Å²) >= 11 is 5.94. The Morgan fingerprint density at radius 3 is 2.50 bits per heavy atom. The second kappa shape index (κ2) is 9.43. The zero-order chi connectivity index (χ0) is 23.4. The van der Waals surface area contributed by atoms with Crippen LogP contribution in [0.1, 0.15) is 30.1 Å². The lowest BCUT2D eigenvalue weighted by Gasteiger charge is -2.27. The minimum absolute atomic E-state index is 0.0407. The molecule has 2 N–H and O–H groups in total. The van der Waals surface area contributed by atoms with Crippen molar-refractivity contribution in [3.63, 3.8) is 0 Å². The molecule has 1 aliphatic rings. The SMILES string of the molecule is CC(OC(=O)c1ccc(N2NC(=O)CCC2=O)cc1)C(=O)Nc1ccc([N+](=O)[O-])cc1Cl. The number of nitrogens with zero attached hydrogens (tertiary/aromatic N) is 2. The number of amides is 3. The summed E-state index contributed by atoms with van der Waals surface area (Å²) in [6.07, 6.45) is -0.998. The number of nitro benzene ring substituents is 1. The molecule has 0 saturated carbocycles. The molecule has 3 amide bonds. The van der Waals surface area contributed by atoms with E-state index in [0.717, 1.165) is 11.1 Å². The van der Waals surface area contributed by atoms with Crippen molar-refractivity contribution in [1.29, 1.82) is 0 Å². The van der Waals surface area contributed by atoms with Crippen molar-refractivity contribution >= 4 is 52.4 Å². The van der Waals surface area contributed by atoms with Gasteiger partial charge in [0.25, 0.3) is 11.6 Å². The van der Waals surface area contributed by atoms with Gasteiger partial charge in [-0.3, -0.25) is 29.9 Å². The Kier molecular flexibility index (Phi) is 6.69. The van der Waals surface area contributed by atoms with Crippen LogP contribution in [0.2, 0.25) is 5.02 Å². The summed E-state index contributed by atoms with van der Waals surface area (Å²) in [5.41, 5.74) is 2.83. The number of nitrogens with one attached hydrogen (secondary N) is 2. The molecule has 0 aliphatic carbocycles. The summed E-state index contributed by atoms with van der Waals surface area (Å²) in [5, 5.41) is 14.3. The fourth-order valence-electron chi connectivity index (χ4n) is 2.77. The van der Waals surface area contributed by atoms with E-state index in [2.05, 4.69) is 10.7 Å². The van der Waals surface area contributed by atoms with Crippen LogP contribution < -0.4 is 15.8 Å². The van der Waals surface area contributed by atoms with E-state index in [9.17, 15) is 29.3 Å². The van der Waals surface area contributed by atoms with Crippen molar-refractivity contribution in [2.24, 2.45) is 0 Å². The Bertz CT molecular complexity index is 1100. The van der Waals surface area contributed by atoms with Gasteiger partial charge in [0.2, 0.25) is 11.8 Å². The first-order valence-electron chi connectivity index (χ1n) is 9.34. The van der Waals surface area contributed by atoms with Crippen LogP contribution in [0.5, 0.6) is 0 Å². The minimum atomic E-state index is -1.20. The normalized spacial score (nSPS) is 14.4. The molecule has 1 fully saturated rings. The number of halogens is 1. The maximum absolute atomic E-state index is 12.3. The van der Waals surface area contributed by atoms with Crippen molar-refractivity contribution in [3.8, 4) is 0 Å². The van der Waals surface area contributed by atoms with Crippen LogP contribution in [-0.2, 0) is 19.1 Å². The lowest BCUT2D eigenvalue weighted by Crippen LogP contribution is -2.50. The lowest BCUT2D eigenvalue weighted by molar-refractivity contribution is -0.384. The Hall–Kier alpha value is -3.99. The van der Waals surface area contributed by atoms with Gasteiger partial charge in [0.1, 0.15) is 0 Å². The second-order valence-electron chi connectivity index (χ2n) is 6.77. The maximum Gasteiger partial charge on any atom is 0.338 e. The summed E-state index contributed by atoms with van der Waals surface area (Å²) in [5.74, 6) is -2.05. The summed E-state index contributed by atoms with van der Waals surface area (Å²) in [6.45, 7) is 1.35. The van der Waals surface area contributed by atoms with E-state index in [-0.39, 0.29) is 46.6 Å². The second-order valence-corrected chi connectivity index (χ2v) is 7.18. The Morgan fingerprint density at radius 1 is 1.19 bits per heavy atom. The van der Waals surface area contributed by atoms with Gasteiger partial charge in [0.05, 0.1) is 26.9 Å². The van der Waals surface area contributed by atoms with Crippen LogP contribution in [-0.4, -0.2) is 34.7 Å². The fourth-order valence-corrected chi connectivity index (χ4v) is 2.99. The third-order valence-corrected chi connectivity index (χ3v) is 4.80. The molecule has 3 rings (SSSR count). The van der Waals surface area contributed by atoms with Gasteiger partial charge in [-0.2, -0.15) is 0 Å². The van der Waals surface area contributed by atoms with Crippen molar-refractivity contribution in [1.82, 2.24) is 5.43 Å². The van der Waals surface area contributed by atoms with Crippen LogP contribution in [0.15, 0.2) is 42.5 Å². The zero-order valence-electron chi connectivity index (χ0n) is 16.7. The molecular formula is C20H17ClN4O7. The summed E-state index contributed by atoms with van der Waals surface area (Å²) in [4.78, 5) is 58.2. The first kappa shape index (κ1) is 22.7. The van der Waals surface area contributed by atoms with E-state index >= 15 is 0 Å². The number of hydrogen-bond donors (Lipinski definition) is 2. The van der Waals surface area contributed by atoms with Crippen molar-refractivity contribution in [2.75, 3.05) is 10.3 Å². The number of nitro groups is 1. The highest BCUT2D eigenvalue weighted by atomic mass is 35.5. The highest BCUT2D eigenvalue weighted by Gasteiger charge is 2.25. The molecule has 32 heavy (non-hydrogen) atoms. The van der Waals surface area contributed by atoms with E-state index in [1.807, 2.05) is 0 Å². The standard InChI is InChI=1S/C20H17ClN4O7/c1-11(19(28)22-16-7-6-14(25(30)31)10-15(16)21)32-20(29)12-2-4-13(5-3-12)24-18(27)9-8-17(26)23-24/h2-7,10-11H,8-9H2,1H3,(H,22,28)(H,23,26). The van der Waals surface area contributed by atoms with Gasteiger partial charge in [-0.25, -0.2) is 9.80 Å². The number of esters is 1. The van der Waals surface area contributed by atoms with Crippen molar-refractivity contribution in [3.05, 3.63) is 63.2 Å². The number of carbonyl (C=O) groups excluding carboxylic acids is 4. The van der Waals surface area contributed by atoms with Gasteiger partial charge in [0, 0.05) is 25.0 Å². The smallest absolute Gasteiger partial charge is 0.338 e. The molecule has 1 atom stereocenters. The predicted molar refractivity (Wildman–Crippen MR) is 113 cm³/mol. The van der Waals surface area contributed by atoms with Crippen molar-refractivity contribution in [2.45, 2.75) is 25.9 Å². The summed E-state index contributed by atoms with van der Waals surface area (Å²) < 4.78 is 5.14. The van der Waals surface area contributed by atoms with Crippen LogP contribution in [0.4, 0.5) is 17.1 Å². The van der Waals surface area contributed by atoms with Crippen LogP contribution in [0, 0.1) is 10.1 Å². The number of benzene rings is 2. The minimum Gasteiger partial charge on any atom is -0.449 e. The fraction of sp³-hybridized carbons (Fsp3) is 0.200. The molecule has 0 spiro atoms. The van der Waals surface area contributed by atoms with Crippen molar-refractivity contribution < 1.29 is 28.8 Å². The molecule has 2 aromatic carbocycles. The molecule has 12 heteroatoms. The van der Waals surface area contributed by atoms with Gasteiger partial charge < -0.3 is 10.1 Å². The first-order chi connectivity index (χ1) is 15.2. The summed E-state index contributed by atoms with van der Waals surface area (Å²) in [7, 11) is 0. The number of anilines is 2. The molecule has 166 valence electrons. The Balaban J connectivity index is 1.61. The van der Waals surface area contributed by atoms with E-state index in [0.29, 0.717) is 5.69 Å². The predicted octanol–water partition coefficient (Wildman–Crippen LogP) is 2.59. The lowest BCUT2D eigenvalue weighted by atomic mass is 10.1. The molecule has 1 unspecified atom stereocenters. The molecule has 2 aromatic rings. The highest BCUT2D eigenvalue weighted by Crippen LogP contribution is 2.27. The molecule has 0 bridgehead atoms. The average molecular weight is 461 g/mol. The van der Waals surface area contributed by atoms with Gasteiger partial charge in [-0.05, 0) is 37.3 Å². The van der Waals surface area contributed by atoms with Gasteiger partial charge >= 0.3 is 5.97 Å². The number of carbonyl (C=O) groups is 4. The number of hydrazine groups is 1. The molecule has 11 nitrogen and oxygen atoms in total. The Morgan fingerprint density at radius 2 is 1.88 bits per heavy atom. The van der Waals surface area contributed by atoms with E-state index in [4.69, 9.17) is 16.3 Å². The van der Waals surface area contributed by atoms with Gasteiger partial charge in [-0.1, -0.05) is 11.6 Å². The number of hydrogen-bond acceptors (Lipinski definition) is 7. The third-order valence-electron chi connectivity index (χ3n) is 4.49. The van der Waals surface area contributed by atoms with Gasteiger partial charge in [-0.15, -0.1) is 0 Å². The molecule has 1 aliphatic heterocycles. The average Bonchev–Trinajstić information content (AvgIpc) is 2.76. The first-order valence-corrected chi connectivity index (χ1v) is 9.72. The largest absolute Gasteiger partial charge is 0.449 e. The zero-order valence-corrected chi connectivity index (χ0v) is 17.4. The van der Waals surface area contributed by atoms with Gasteiger partial charge in [0.15, 0.2) is 6.10 Å². The number of ether oxygens (including phenoxy) is 1. The van der Waals surface area contributed by atoms with E-state index < -0.39 is 22.9 Å². The molecular weight excluding hydrogens is 444 g/mol. The monoisotopic (exact) mass is 460 g/mol. The number of non-ortho nitro benzene ring substituents is 1.